The number of hydrogen-bond donors (Lipinski definition) is 2. The van der Waals surface area contributed by atoms with Crippen molar-refractivity contribution in [3.63, 3.8) is 0 Å². The van der Waals surface area contributed by atoms with E-state index in [1.807, 2.05) is 6.92 Å². The smallest absolute Gasteiger partial charge is 0.241 e. The molecule has 1 fully saturated rings. The summed E-state index contributed by atoms with van der Waals surface area (Å²) < 4.78 is 0. The predicted octanol–water partition coefficient (Wildman–Crippen LogP) is 2.88. The van der Waals surface area contributed by atoms with Crippen LogP contribution in [0.1, 0.15) is 6.92 Å². The first-order valence-corrected chi connectivity index (χ1v) is 7.52. The van der Waals surface area contributed by atoms with Crippen LogP contribution in [-0.4, -0.2) is 43.0 Å². The molecular formula is C13H16Cl3N3O. The van der Waals surface area contributed by atoms with Gasteiger partial charge in [0.2, 0.25) is 5.91 Å². The van der Waals surface area contributed by atoms with Crippen LogP contribution >= 0.6 is 34.8 Å². The van der Waals surface area contributed by atoms with Gasteiger partial charge >= 0.3 is 0 Å². The van der Waals surface area contributed by atoms with Crippen LogP contribution in [0, 0.1) is 0 Å². The van der Waals surface area contributed by atoms with Gasteiger partial charge < -0.3 is 10.6 Å². The number of benzene rings is 1. The lowest BCUT2D eigenvalue weighted by molar-refractivity contribution is -0.120. The van der Waals surface area contributed by atoms with Crippen molar-refractivity contribution in [2.75, 3.05) is 31.5 Å². The van der Waals surface area contributed by atoms with Gasteiger partial charge in [-0.3, -0.25) is 9.69 Å². The van der Waals surface area contributed by atoms with E-state index >= 15 is 0 Å². The number of amides is 1. The van der Waals surface area contributed by atoms with Crippen molar-refractivity contribution in [1.29, 1.82) is 0 Å². The molecular weight excluding hydrogens is 321 g/mol. The molecule has 1 amide bonds. The standard InChI is InChI=1S/C13H16Cl3N3O/c1-8(19-4-2-17-3-5-19)13(20)18-12-7-10(15)9(14)6-11(12)16/h6-8,17H,2-5H2,1H3,(H,18,20). The first-order valence-electron chi connectivity index (χ1n) is 6.39. The fourth-order valence-electron chi connectivity index (χ4n) is 2.09. The van der Waals surface area contributed by atoms with Gasteiger partial charge in [-0.1, -0.05) is 34.8 Å². The van der Waals surface area contributed by atoms with Crippen LogP contribution in [0.15, 0.2) is 12.1 Å². The lowest BCUT2D eigenvalue weighted by Gasteiger charge is -2.31. The third-order valence-electron chi connectivity index (χ3n) is 3.35. The van der Waals surface area contributed by atoms with Crippen LogP contribution in [0.2, 0.25) is 15.1 Å². The highest BCUT2D eigenvalue weighted by Crippen LogP contribution is 2.32. The van der Waals surface area contributed by atoms with E-state index < -0.39 is 0 Å². The highest BCUT2D eigenvalue weighted by Gasteiger charge is 2.23. The lowest BCUT2D eigenvalue weighted by Crippen LogP contribution is -2.51. The van der Waals surface area contributed by atoms with Gasteiger partial charge in [0, 0.05) is 26.2 Å². The molecule has 1 aliphatic rings. The minimum atomic E-state index is -0.220. The maximum absolute atomic E-state index is 12.3. The molecule has 1 aromatic rings. The molecule has 2 rings (SSSR count). The maximum Gasteiger partial charge on any atom is 0.241 e. The van der Waals surface area contributed by atoms with Gasteiger partial charge in [0.1, 0.15) is 0 Å². The molecule has 1 heterocycles. The fourth-order valence-corrected chi connectivity index (χ4v) is 2.68. The summed E-state index contributed by atoms with van der Waals surface area (Å²) in [7, 11) is 0. The normalized spacial score (nSPS) is 17.8. The van der Waals surface area contributed by atoms with Crippen molar-refractivity contribution in [3.05, 3.63) is 27.2 Å². The SMILES string of the molecule is CC(C(=O)Nc1cc(Cl)c(Cl)cc1Cl)N1CCNCC1. The second-order valence-electron chi connectivity index (χ2n) is 4.70. The number of anilines is 1. The van der Waals surface area contributed by atoms with Crippen LogP contribution in [0.4, 0.5) is 5.69 Å². The monoisotopic (exact) mass is 335 g/mol. The predicted molar refractivity (Wildman–Crippen MR) is 84.0 cm³/mol. The molecule has 1 aliphatic heterocycles. The summed E-state index contributed by atoms with van der Waals surface area (Å²) in [5.74, 6) is -0.104. The zero-order valence-corrected chi connectivity index (χ0v) is 13.3. The number of nitrogens with one attached hydrogen (secondary N) is 2. The molecule has 0 saturated carbocycles. The average Bonchev–Trinajstić information content (AvgIpc) is 2.44. The second-order valence-corrected chi connectivity index (χ2v) is 5.92. The van der Waals surface area contributed by atoms with Crippen LogP contribution < -0.4 is 10.6 Å². The summed E-state index contributed by atoms with van der Waals surface area (Å²) in [4.78, 5) is 14.4. The molecule has 0 aliphatic carbocycles. The Balaban J connectivity index is 2.05. The molecule has 0 spiro atoms. The van der Waals surface area contributed by atoms with E-state index in [2.05, 4.69) is 15.5 Å². The zero-order chi connectivity index (χ0) is 14.7. The first kappa shape index (κ1) is 15.9. The van der Waals surface area contributed by atoms with Gasteiger partial charge in [-0.15, -0.1) is 0 Å². The largest absolute Gasteiger partial charge is 0.323 e. The second kappa shape index (κ2) is 6.96. The first-order chi connectivity index (χ1) is 9.49. The van der Waals surface area contributed by atoms with Gasteiger partial charge in [-0.2, -0.15) is 0 Å². The summed E-state index contributed by atoms with van der Waals surface area (Å²) in [5.41, 5.74) is 0.480. The molecule has 1 unspecified atom stereocenters. The van der Waals surface area contributed by atoms with Gasteiger partial charge in [0.25, 0.3) is 0 Å². The molecule has 110 valence electrons. The van der Waals surface area contributed by atoms with Crippen molar-refractivity contribution in [2.45, 2.75) is 13.0 Å². The minimum Gasteiger partial charge on any atom is -0.323 e. The Morgan fingerprint density at radius 1 is 1.20 bits per heavy atom. The van der Waals surface area contributed by atoms with Crippen molar-refractivity contribution in [3.8, 4) is 0 Å². The van der Waals surface area contributed by atoms with Gasteiger partial charge in [-0.25, -0.2) is 0 Å². The van der Waals surface area contributed by atoms with E-state index in [4.69, 9.17) is 34.8 Å². The Morgan fingerprint density at radius 2 is 1.80 bits per heavy atom. The molecule has 0 bridgehead atoms. The molecule has 4 nitrogen and oxygen atoms in total. The minimum absolute atomic E-state index is 0.104. The number of carbonyl (C=O) groups excluding carboxylic acids is 1. The topological polar surface area (TPSA) is 44.4 Å². The molecule has 1 atom stereocenters. The van der Waals surface area contributed by atoms with E-state index in [1.165, 1.54) is 6.07 Å². The lowest BCUT2D eigenvalue weighted by atomic mass is 10.2. The van der Waals surface area contributed by atoms with Crippen molar-refractivity contribution >= 4 is 46.4 Å². The van der Waals surface area contributed by atoms with Crippen LogP contribution in [0.5, 0.6) is 0 Å². The van der Waals surface area contributed by atoms with Gasteiger partial charge in [-0.05, 0) is 19.1 Å². The maximum atomic E-state index is 12.3. The van der Waals surface area contributed by atoms with E-state index in [-0.39, 0.29) is 11.9 Å². The summed E-state index contributed by atoms with van der Waals surface area (Å²) in [6, 6.07) is 2.87. The number of rotatable bonds is 3. The summed E-state index contributed by atoms with van der Waals surface area (Å²) in [5, 5.41) is 7.16. The van der Waals surface area contributed by atoms with Crippen LogP contribution in [-0.2, 0) is 4.79 Å². The van der Waals surface area contributed by atoms with Crippen molar-refractivity contribution in [1.82, 2.24) is 10.2 Å². The van der Waals surface area contributed by atoms with Gasteiger partial charge in [0.05, 0.1) is 26.8 Å². The molecule has 0 radical (unpaired) electrons. The number of halogens is 3. The third kappa shape index (κ3) is 3.77. The van der Waals surface area contributed by atoms with E-state index in [9.17, 15) is 4.79 Å². The highest BCUT2D eigenvalue weighted by molar-refractivity contribution is 6.44. The van der Waals surface area contributed by atoms with Gasteiger partial charge in [0.15, 0.2) is 0 Å². The number of hydrogen-bond acceptors (Lipinski definition) is 3. The quantitative estimate of drug-likeness (QED) is 0.834. The zero-order valence-electron chi connectivity index (χ0n) is 11.0. The molecule has 1 aromatic carbocycles. The Hall–Kier alpha value is -0.520. The van der Waals surface area contributed by atoms with Crippen LogP contribution in [0.3, 0.4) is 0 Å². The number of nitrogens with zero attached hydrogens (tertiary/aromatic N) is 1. The number of carbonyl (C=O) groups is 1. The van der Waals surface area contributed by atoms with E-state index in [0.29, 0.717) is 20.8 Å². The van der Waals surface area contributed by atoms with E-state index in [0.717, 1.165) is 26.2 Å². The molecule has 0 aromatic heterocycles. The molecule has 20 heavy (non-hydrogen) atoms. The van der Waals surface area contributed by atoms with Crippen LogP contribution in [0.25, 0.3) is 0 Å². The molecule has 1 saturated heterocycles. The summed E-state index contributed by atoms with van der Waals surface area (Å²) in [6.45, 7) is 5.37. The Labute approximate surface area is 133 Å². The fraction of sp³-hybridized carbons (Fsp3) is 0.462. The van der Waals surface area contributed by atoms with Crippen molar-refractivity contribution in [2.24, 2.45) is 0 Å². The Kier molecular flexibility index (Phi) is 5.52. The third-order valence-corrected chi connectivity index (χ3v) is 4.38. The number of piperazine rings is 1. The average molecular weight is 337 g/mol. The Bertz CT molecular complexity index is 504. The summed E-state index contributed by atoms with van der Waals surface area (Å²) in [6.07, 6.45) is 0. The highest BCUT2D eigenvalue weighted by atomic mass is 35.5. The molecule has 2 N–H and O–H groups in total. The molecule has 7 heteroatoms. The van der Waals surface area contributed by atoms with Crippen molar-refractivity contribution < 1.29 is 4.79 Å². The summed E-state index contributed by atoms with van der Waals surface area (Å²) >= 11 is 17.9. The van der Waals surface area contributed by atoms with E-state index in [1.54, 1.807) is 6.07 Å². The Morgan fingerprint density at radius 3 is 2.45 bits per heavy atom.